The molecule has 2 rings (SSSR count). The molecule has 0 aromatic heterocycles. The molecule has 1 atom stereocenters. The van der Waals surface area contributed by atoms with Gasteiger partial charge in [-0.05, 0) is 48.9 Å². The smallest absolute Gasteiger partial charge is 0.387 e. The first-order chi connectivity index (χ1) is 14.5. The molecule has 1 N–H and O–H groups in total. The summed E-state index contributed by atoms with van der Waals surface area (Å²) in [5.74, 6) is -1.18. The van der Waals surface area contributed by atoms with E-state index in [1.807, 2.05) is 0 Å². The zero-order chi connectivity index (χ0) is 23.2. The van der Waals surface area contributed by atoms with Crippen LogP contribution in [0.25, 0.3) is 0 Å². The molecule has 2 aromatic carbocycles. The largest absolute Gasteiger partial charge is 0.454 e. The van der Waals surface area contributed by atoms with Gasteiger partial charge in [0.25, 0.3) is 0 Å². The summed E-state index contributed by atoms with van der Waals surface area (Å²) in [6, 6.07) is 11.9. The SMILES string of the molecule is CC(OC(=O)Cc1ccc(OC(F)F)cc1)C(=O)c1ccc(NC(=O)C(C)(C)C)cc1. The number of hydrogen-bond acceptors (Lipinski definition) is 5. The number of rotatable bonds is 8. The molecule has 1 amide bonds. The van der Waals surface area contributed by atoms with Crippen molar-refractivity contribution < 1.29 is 32.6 Å². The number of halogens is 2. The van der Waals surface area contributed by atoms with E-state index in [9.17, 15) is 23.2 Å². The molecule has 0 aliphatic carbocycles. The third-order valence-electron chi connectivity index (χ3n) is 4.28. The van der Waals surface area contributed by atoms with E-state index < -0.39 is 24.1 Å². The summed E-state index contributed by atoms with van der Waals surface area (Å²) in [6.07, 6.45) is -1.13. The van der Waals surface area contributed by atoms with E-state index in [2.05, 4.69) is 10.1 Å². The number of carbonyl (C=O) groups excluding carboxylic acids is 3. The van der Waals surface area contributed by atoms with Crippen LogP contribution in [0.4, 0.5) is 14.5 Å². The molecule has 0 aliphatic rings. The zero-order valence-corrected chi connectivity index (χ0v) is 17.8. The maximum Gasteiger partial charge on any atom is 0.387 e. The highest BCUT2D eigenvalue weighted by Gasteiger charge is 2.22. The minimum absolute atomic E-state index is 0.0159. The van der Waals surface area contributed by atoms with Gasteiger partial charge in [0, 0.05) is 16.7 Å². The van der Waals surface area contributed by atoms with E-state index in [1.165, 1.54) is 31.2 Å². The quantitative estimate of drug-likeness (QED) is 0.485. The molecule has 0 heterocycles. The van der Waals surface area contributed by atoms with Crippen molar-refractivity contribution in [2.75, 3.05) is 5.32 Å². The molecule has 0 radical (unpaired) electrons. The number of esters is 1. The molecule has 8 heteroatoms. The predicted octanol–water partition coefficient (Wildman–Crippen LogP) is 4.63. The fourth-order valence-electron chi connectivity index (χ4n) is 2.52. The fraction of sp³-hybridized carbons (Fsp3) is 0.348. The monoisotopic (exact) mass is 433 g/mol. The van der Waals surface area contributed by atoms with Gasteiger partial charge in [0.15, 0.2) is 6.10 Å². The van der Waals surface area contributed by atoms with Crippen LogP contribution < -0.4 is 10.1 Å². The fourth-order valence-corrected chi connectivity index (χ4v) is 2.52. The second kappa shape index (κ2) is 10.1. The van der Waals surface area contributed by atoms with E-state index >= 15 is 0 Å². The van der Waals surface area contributed by atoms with Crippen LogP contribution in [0.3, 0.4) is 0 Å². The summed E-state index contributed by atoms with van der Waals surface area (Å²) in [5, 5.41) is 2.76. The highest BCUT2D eigenvalue weighted by Crippen LogP contribution is 2.19. The first-order valence-electron chi connectivity index (χ1n) is 9.64. The van der Waals surface area contributed by atoms with Gasteiger partial charge in [0.2, 0.25) is 11.7 Å². The van der Waals surface area contributed by atoms with Crippen molar-refractivity contribution in [1.29, 1.82) is 0 Å². The average molecular weight is 433 g/mol. The van der Waals surface area contributed by atoms with Crippen molar-refractivity contribution in [2.24, 2.45) is 5.41 Å². The zero-order valence-electron chi connectivity index (χ0n) is 17.8. The molecular formula is C23H25F2NO5. The van der Waals surface area contributed by atoms with E-state index in [1.54, 1.807) is 45.0 Å². The van der Waals surface area contributed by atoms with Gasteiger partial charge >= 0.3 is 12.6 Å². The van der Waals surface area contributed by atoms with Crippen LogP contribution in [0.1, 0.15) is 43.6 Å². The van der Waals surface area contributed by atoms with Crippen LogP contribution in [0.2, 0.25) is 0 Å². The molecule has 6 nitrogen and oxygen atoms in total. The number of alkyl halides is 2. The van der Waals surface area contributed by atoms with Crippen LogP contribution in [0.5, 0.6) is 5.75 Å². The Morgan fingerprint density at radius 1 is 0.968 bits per heavy atom. The van der Waals surface area contributed by atoms with Gasteiger partial charge in [0.1, 0.15) is 5.75 Å². The lowest BCUT2D eigenvalue weighted by Gasteiger charge is -2.18. The molecule has 0 saturated heterocycles. The number of hydrogen-bond donors (Lipinski definition) is 1. The predicted molar refractivity (Wildman–Crippen MR) is 111 cm³/mol. The molecule has 0 fully saturated rings. The molecule has 0 aliphatic heterocycles. The molecular weight excluding hydrogens is 408 g/mol. The summed E-state index contributed by atoms with van der Waals surface area (Å²) in [5.41, 5.74) is 0.876. The van der Waals surface area contributed by atoms with Crippen LogP contribution >= 0.6 is 0 Å². The molecule has 0 spiro atoms. The summed E-state index contributed by atoms with van der Waals surface area (Å²) >= 11 is 0. The second-order valence-electron chi connectivity index (χ2n) is 7.98. The minimum Gasteiger partial charge on any atom is -0.454 e. The third kappa shape index (κ3) is 7.47. The standard InChI is InChI=1S/C23H25F2NO5/c1-14(30-19(27)13-15-5-11-18(12-6-15)31-22(24)25)20(28)16-7-9-17(10-8-16)26-21(29)23(2,3)4/h5-12,14,22H,13H2,1-4H3,(H,26,29). The molecule has 1 unspecified atom stereocenters. The van der Waals surface area contributed by atoms with Gasteiger partial charge in [0.05, 0.1) is 6.42 Å². The number of nitrogens with one attached hydrogen (secondary N) is 1. The van der Waals surface area contributed by atoms with Crippen molar-refractivity contribution in [3.8, 4) is 5.75 Å². The summed E-state index contributed by atoms with van der Waals surface area (Å²) < 4.78 is 33.8. The van der Waals surface area contributed by atoms with E-state index in [0.29, 0.717) is 16.8 Å². The highest BCUT2D eigenvalue weighted by molar-refractivity contribution is 6.01. The van der Waals surface area contributed by atoms with Crippen molar-refractivity contribution in [2.45, 2.75) is 46.8 Å². The molecule has 2 aromatic rings. The van der Waals surface area contributed by atoms with Gasteiger partial charge in [-0.15, -0.1) is 0 Å². The Labute approximate surface area is 179 Å². The Balaban J connectivity index is 1.91. The van der Waals surface area contributed by atoms with E-state index in [4.69, 9.17) is 4.74 Å². The Morgan fingerprint density at radius 2 is 1.55 bits per heavy atom. The summed E-state index contributed by atoms with van der Waals surface area (Å²) in [7, 11) is 0. The summed E-state index contributed by atoms with van der Waals surface area (Å²) in [4.78, 5) is 36.7. The number of benzene rings is 2. The average Bonchev–Trinajstić information content (AvgIpc) is 2.68. The molecule has 31 heavy (non-hydrogen) atoms. The number of carbonyl (C=O) groups is 3. The number of anilines is 1. The van der Waals surface area contributed by atoms with Crippen molar-refractivity contribution in [1.82, 2.24) is 0 Å². The minimum atomic E-state index is -2.92. The van der Waals surface area contributed by atoms with E-state index in [-0.39, 0.29) is 23.9 Å². The van der Waals surface area contributed by atoms with Gasteiger partial charge in [-0.25, -0.2) is 0 Å². The van der Waals surface area contributed by atoms with Crippen molar-refractivity contribution >= 4 is 23.3 Å². The number of ketones is 1. The Bertz CT molecular complexity index is 918. The topological polar surface area (TPSA) is 81.7 Å². The Kier molecular flexibility index (Phi) is 7.85. The molecule has 0 bridgehead atoms. The van der Waals surface area contributed by atoms with Crippen molar-refractivity contribution in [3.63, 3.8) is 0 Å². The first kappa shape index (κ1) is 24.0. The lowest BCUT2D eigenvalue weighted by Crippen LogP contribution is -2.27. The van der Waals surface area contributed by atoms with Gasteiger partial charge < -0.3 is 14.8 Å². The first-order valence-corrected chi connectivity index (χ1v) is 9.64. The summed E-state index contributed by atoms with van der Waals surface area (Å²) in [6.45, 7) is 3.92. The van der Waals surface area contributed by atoms with Gasteiger partial charge in [-0.3, -0.25) is 14.4 Å². The molecule has 0 saturated carbocycles. The van der Waals surface area contributed by atoms with Crippen LogP contribution in [0.15, 0.2) is 48.5 Å². The Hall–Kier alpha value is -3.29. The Morgan fingerprint density at radius 3 is 2.06 bits per heavy atom. The number of ether oxygens (including phenoxy) is 2. The van der Waals surface area contributed by atoms with E-state index in [0.717, 1.165) is 0 Å². The van der Waals surface area contributed by atoms with Crippen molar-refractivity contribution in [3.05, 3.63) is 59.7 Å². The number of Topliss-reactive ketones (excluding diaryl/α,β-unsaturated/α-hetero) is 1. The molecule has 166 valence electrons. The number of amides is 1. The van der Waals surface area contributed by atoms with Crippen LogP contribution in [0, 0.1) is 5.41 Å². The highest BCUT2D eigenvalue weighted by atomic mass is 19.3. The maximum atomic E-state index is 12.5. The lowest BCUT2D eigenvalue weighted by atomic mass is 9.95. The second-order valence-corrected chi connectivity index (χ2v) is 7.98. The normalized spacial score (nSPS) is 12.2. The maximum absolute atomic E-state index is 12.5. The third-order valence-corrected chi connectivity index (χ3v) is 4.28. The van der Waals surface area contributed by atoms with Gasteiger partial charge in [-0.2, -0.15) is 8.78 Å². The van der Waals surface area contributed by atoms with Gasteiger partial charge in [-0.1, -0.05) is 32.9 Å². The van der Waals surface area contributed by atoms with Crippen LogP contribution in [-0.2, 0) is 20.7 Å². The lowest BCUT2D eigenvalue weighted by molar-refractivity contribution is -0.145. The van der Waals surface area contributed by atoms with Crippen LogP contribution in [-0.4, -0.2) is 30.4 Å².